The van der Waals surface area contributed by atoms with Gasteiger partial charge < -0.3 is 19.5 Å². The van der Waals surface area contributed by atoms with Crippen molar-refractivity contribution >= 4 is 0 Å². The number of ether oxygens (including phenoxy) is 2. The molecule has 1 N–H and O–H groups in total. The molecule has 152 valence electrons. The lowest BCUT2D eigenvalue weighted by Crippen LogP contribution is -2.37. The second kappa shape index (κ2) is 10.9. The van der Waals surface area contributed by atoms with Crippen LogP contribution in [-0.2, 0) is 6.54 Å². The lowest BCUT2D eigenvalue weighted by atomic mass is 10.1. The Labute approximate surface area is 164 Å². The number of hydrogen-bond acceptors (Lipinski definition) is 5. The Balaban J connectivity index is 1.48. The molecule has 5 heteroatoms. The molecule has 0 saturated carbocycles. The molecule has 5 nitrogen and oxygen atoms in total. The molecule has 0 radical (unpaired) electrons. The van der Waals surface area contributed by atoms with E-state index in [2.05, 4.69) is 21.9 Å². The summed E-state index contributed by atoms with van der Waals surface area (Å²) in [6.45, 7) is 6.51. The Bertz CT molecular complexity index is 552. The molecule has 1 atom stereocenters. The molecule has 0 aliphatic carbocycles. The number of methoxy groups -OCH3 is 1. The summed E-state index contributed by atoms with van der Waals surface area (Å²) in [4.78, 5) is 4.85. The number of hydrogen-bond donors (Lipinski definition) is 1. The van der Waals surface area contributed by atoms with E-state index in [1.165, 1.54) is 63.6 Å². The van der Waals surface area contributed by atoms with Crippen LogP contribution in [0.4, 0.5) is 0 Å². The van der Waals surface area contributed by atoms with Crippen LogP contribution in [0.15, 0.2) is 18.2 Å². The summed E-state index contributed by atoms with van der Waals surface area (Å²) >= 11 is 0. The highest BCUT2D eigenvalue weighted by molar-refractivity contribution is 5.43. The Morgan fingerprint density at radius 1 is 0.889 bits per heavy atom. The van der Waals surface area contributed by atoms with Crippen molar-refractivity contribution in [1.29, 1.82) is 0 Å². The SMILES string of the molecule is COc1cc(CN2CCCC2)ccc1OCC(O)CN1CCCCCCC1. The number of rotatable bonds is 8. The van der Waals surface area contributed by atoms with Crippen LogP contribution >= 0.6 is 0 Å². The normalized spacial score (nSPS) is 20.8. The molecule has 0 amide bonds. The van der Waals surface area contributed by atoms with Gasteiger partial charge in [0, 0.05) is 13.1 Å². The van der Waals surface area contributed by atoms with Crippen LogP contribution in [0.25, 0.3) is 0 Å². The number of likely N-dealkylation sites (tertiary alicyclic amines) is 2. The van der Waals surface area contributed by atoms with Crippen LogP contribution in [0.3, 0.4) is 0 Å². The van der Waals surface area contributed by atoms with E-state index in [-0.39, 0.29) is 0 Å². The van der Waals surface area contributed by atoms with Gasteiger partial charge in [0.15, 0.2) is 11.5 Å². The highest BCUT2D eigenvalue weighted by Crippen LogP contribution is 2.29. The zero-order valence-electron chi connectivity index (χ0n) is 16.9. The molecule has 27 heavy (non-hydrogen) atoms. The van der Waals surface area contributed by atoms with Crippen LogP contribution in [0.5, 0.6) is 11.5 Å². The molecule has 2 aliphatic heterocycles. The van der Waals surface area contributed by atoms with Crippen LogP contribution in [0, 0.1) is 0 Å². The quantitative estimate of drug-likeness (QED) is 0.754. The molecule has 0 bridgehead atoms. The van der Waals surface area contributed by atoms with Crippen molar-refractivity contribution in [2.45, 2.75) is 57.6 Å². The van der Waals surface area contributed by atoms with Gasteiger partial charge in [-0.25, -0.2) is 0 Å². The summed E-state index contributed by atoms with van der Waals surface area (Å²) < 4.78 is 11.4. The van der Waals surface area contributed by atoms with Crippen molar-refractivity contribution in [3.8, 4) is 11.5 Å². The summed E-state index contributed by atoms with van der Waals surface area (Å²) in [5.74, 6) is 1.47. The summed E-state index contributed by atoms with van der Waals surface area (Å²) in [6, 6.07) is 6.16. The van der Waals surface area contributed by atoms with Gasteiger partial charge in [-0.3, -0.25) is 4.90 Å². The Hall–Kier alpha value is -1.30. The third-order valence-corrected chi connectivity index (χ3v) is 5.68. The molecule has 0 aromatic heterocycles. The first-order chi connectivity index (χ1) is 13.2. The fourth-order valence-electron chi connectivity index (χ4n) is 4.16. The Morgan fingerprint density at radius 3 is 2.22 bits per heavy atom. The fourth-order valence-corrected chi connectivity index (χ4v) is 4.16. The van der Waals surface area contributed by atoms with Gasteiger partial charge in [0.1, 0.15) is 12.7 Å². The monoisotopic (exact) mass is 376 g/mol. The minimum atomic E-state index is -0.474. The van der Waals surface area contributed by atoms with Crippen molar-refractivity contribution < 1.29 is 14.6 Å². The molecule has 1 aromatic rings. The van der Waals surface area contributed by atoms with Gasteiger partial charge in [0.05, 0.1) is 7.11 Å². The fraction of sp³-hybridized carbons (Fsp3) is 0.727. The highest BCUT2D eigenvalue weighted by Gasteiger charge is 2.16. The number of aliphatic hydroxyl groups excluding tert-OH is 1. The van der Waals surface area contributed by atoms with Gasteiger partial charge in [-0.05, 0) is 69.6 Å². The predicted octanol–water partition coefficient (Wildman–Crippen LogP) is 3.30. The minimum absolute atomic E-state index is 0.304. The first kappa shape index (κ1) is 20.4. The lowest BCUT2D eigenvalue weighted by molar-refractivity contribution is 0.0645. The van der Waals surface area contributed by atoms with E-state index in [1.54, 1.807) is 7.11 Å². The number of β-amino-alcohol motifs (C(OH)–C–C–N with tert-alkyl or cyclic N) is 1. The topological polar surface area (TPSA) is 45.2 Å². The number of aliphatic hydroxyl groups is 1. The molecular weight excluding hydrogens is 340 g/mol. The third kappa shape index (κ3) is 6.66. The summed E-state index contributed by atoms with van der Waals surface area (Å²) in [6.07, 6.45) is 8.57. The zero-order valence-corrected chi connectivity index (χ0v) is 16.9. The van der Waals surface area contributed by atoms with Crippen molar-refractivity contribution in [2.75, 3.05) is 46.4 Å². The largest absolute Gasteiger partial charge is 0.493 e. The van der Waals surface area contributed by atoms with Crippen molar-refractivity contribution in [1.82, 2.24) is 9.80 Å². The maximum Gasteiger partial charge on any atom is 0.161 e. The Morgan fingerprint density at radius 2 is 1.52 bits per heavy atom. The molecule has 3 rings (SSSR count). The van der Waals surface area contributed by atoms with E-state index < -0.39 is 6.10 Å². The van der Waals surface area contributed by atoms with Gasteiger partial charge in [-0.2, -0.15) is 0 Å². The average Bonchev–Trinajstić information content (AvgIpc) is 3.15. The van der Waals surface area contributed by atoms with Gasteiger partial charge in [-0.15, -0.1) is 0 Å². The van der Waals surface area contributed by atoms with E-state index in [4.69, 9.17) is 9.47 Å². The second-order valence-electron chi connectivity index (χ2n) is 8.00. The smallest absolute Gasteiger partial charge is 0.161 e. The van der Waals surface area contributed by atoms with Gasteiger partial charge >= 0.3 is 0 Å². The molecule has 2 heterocycles. The van der Waals surface area contributed by atoms with E-state index in [0.29, 0.717) is 13.2 Å². The maximum absolute atomic E-state index is 10.4. The van der Waals surface area contributed by atoms with Crippen molar-refractivity contribution in [2.24, 2.45) is 0 Å². The van der Waals surface area contributed by atoms with Crippen molar-refractivity contribution in [3.05, 3.63) is 23.8 Å². The lowest BCUT2D eigenvalue weighted by Gasteiger charge is -2.26. The molecule has 2 aliphatic rings. The van der Waals surface area contributed by atoms with E-state index in [9.17, 15) is 5.11 Å². The summed E-state index contributed by atoms with van der Waals surface area (Å²) in [5.41, 5.74) is 1.25. The molecular formula is C22H36N2O3. The van der Waals surface area contributed by atoms with Crippen molar-refractivity contribution in [3.63, 3.8) is 0 Å². The van der Waals surface area contributed by atoms with Crippen LogP contribution < -0.4 is 9.47 Å². The average molecular weight is 377 g/mol. The van der Waals surface area contributed by atoms with Crippen LogP contribution in [0.2, 0.25) is 0 Å². The Kier molecular flexibility index (Phi) is 8.24. The predicted molar refractivity (Wildman–Crippen MR) is 109 cm³/mol. The maximum atomic E-state index is 10.4. The van der Waals surface area contributed by atoms with Gasteiger partial charge in [-0.1, -0.05) is 25.3 Å². The molecule has 2 fully saturated rings. The van der Waals surface area contributed by atoms with E-state index in [0.717, 1.165) is 31.1 Å². The first-order valence-corrected chi connectivity index (χ1v) is 10.7. The highest BCUT2D eigenvalue weighted by atomic mass is 16.5. The molecule has 0 spiro atoms. The first-order valence-electron chi connectivity index (χ1n) is 10.7. The van der Waals surface area contributed by atoms with Crippen LogP contribution in [0.1, 0.15) is 50.5 Å². The molecule has 1 aromatic carbocycles. The minimum Gasteiger partial charge on any atom is -0.493 e. The van der Waals surface area contributed by atoms with Gasteiger partial charge in [0.2, 0.25) is 0 Å². The second-order valence-corrected chi connectivity index (χ2v) is 8.00. The van der Waals surface area contributed by atoms with Crippen LogP contribution in [-0.4, -0.2) is 67.5 Å². The number of benzene rings is 1. The van der Waals surface area contributed by atoms with Gasteiger partial charge in [0.25, 0.3) is 0 Å². The summed E-state index contributed by atoms with van der Waals surface area (Å²) in [7, 11) is 1.68. The molecule has 1 unspecified atom stereocenters. The standard InChI is InChI=1S/C22H36N2O3/c1-26-22-15-19(16-23-13-7-8-14-23)9-10-21(22)27-18-20(25)17-24-11-5-3-2-4-6-12-24/h9-10,15,20,25H,2-8,11-14,16-18H2,1H3. The van der Waals surface area contributed by atoms with E-state index in [1.807, 2.05) is 6.07 Å². The third-order valence-electron chi connectivity index (χ3n) is 5.68. The number of nitrogens with zero attached hydrogens (tertiary/aromatic N) is 2. The zero-order chi connectivity index (χ0) is 18.9. The molecule has 2 saturated heterocycles. The summed E-state index contributed by atoms with van der Waals surface area (Å²) in [5, 5.41) is 10.4. The van der Waals surface area contributed by atoms with E-state index >= 15 is 0 Å².